The second-order valence-electron chi connectivity index (χ2n) is 5.77. The van der Waals surface area contributed by atoms with Crippen LogP contribution in [0.1, 0.15) is 23.6 Å². The number of amides is 1. The average Bonchev–Trinajstić information content (AvgIpc) is 2.66. The van der Waals surface area contributed by atoms with Gasteiger partial charge in [-0.15, -0.1) is 0 Å². The molecule has 0 radical (unpaired) electrons. The summed E-state index contributed by atoms with van der Waals surface area (Å²) >= 11 is 3.30. The minimum absolute atomic E-state index is 0.0851. The number of alkyl halides is 3. The minimum Gasteiger partial charge on any atom is -0.484 e. The number of hydrogen-bond donors (Lipinski definition) is 1. The molecule has 1 amide bonds. The van der Waals surface area contributed by atoms with E-state index in [0.717, 1.165) is 16.6 Å². The van der Waals surface area contributed by atoms with Crippen molar-refractivity contribution in [1.82, 2.24) is 5.32 Å². The number of ether oxygens (including phenoxy) is 2. The summed E-state index contributed by atoms with van der Waals surface area (Å²) in [7, 11) is 1.24. The van der Waals surface area contributed by atoms with Crippen molar-refractivity contribution in [3.05, 3.63) is 64.1 Å². The van der Waals surface area contributed by atoms with E-state index in [1.54, 1.807) is 24.3 Å². The molecule has 0 heterocycles. The summed E-state index contributed by atoms with van der Waals surface area (Å²) in [6, 6.07) is 10.5. The molecule has 0 spiro atoms. The average molecular weight is 460 g/mol. The maximum atomic E-state index is 12.7. The quantitative estimate of drug-likeness (QED) is 0.628. The Morgan fingerprint density at radius 2 is 1.82 bits per heavy atom. The van der Waals surface area contributed by atoms with Crippen molar-refractivity contribution in [2.24, 2.45) is 0 Å². The molecular formula is C19H17BrF3NO4. The van der Waals surface area contributed by atoms with E-state index in [4.69, 9.17) is 4.74 Å². The number of carbonyl (C=O) groups excluding carboxylic acids is 2. The number of nitrogens with one attached hydrogen (secondary N) is 1. The van der Waals surface area contributed by atoms with Crippen LogP contribution < -0.4 is 10.1 Å². The Morgan fingerprint density at radius 1 is 1.14 bits per heavy atom. The highest BCUT2D eigenvalue weighted by atomic mass is 79.9. The maximum Gasteiger partial charge on any atom is 0.416 e. The summed E-state index contributed by atoms with van der Waals surface area (Å²) in [6.45, 7) is -0.504. The summed E-state index contributed by atoms with van der Waals surface area (Å²) < 4.78 is 48.8. The highest BCUT2D eigenvalue weighted by molar-refractivity contribution is 9.10. The van der Waals surface area contributed by atoms with Crippen molar-refractivity contribution in [2.75, 3.05) is 13.7 Å². The summed E-state index contributed by atoms with van der Waals surface area (Å²) in [4.78, 5) is 23.8. The van der Waals surface area contributed by atoms with Crippen molar-refractivity contribution < 1.29 is 32.2 Å². The van der Waals surface area contributed by atoms with Gasteiger partial charge in [0.05, 0.1) is 25.1 Å². The molecular weight excluding hydrogens is 443 g/mol. The van der Waals surface area contributed by atoms with Gasteiger partial charge in [0.15, 0.2) is 6.61 Å². The molecule has 0 aliphatic heterocycles. The minimum atomic E-state index is -4.51. The van der Waals surface area contributed by atoms with Gasteiger partial charge < -0.3 is 14.8 Å². The van der Waals surface area contributed by atoms with E-state index in [9.17, 15) is 22.8 Å². The van der Waals surface area contributed by atoms with Crippen LogP contribution >= 0.6 is 15.9 Å². The Morgan fingerprint density at radius 3 is 2.43 bits per heavy atom. The van der Waals surface area contributed by atoms with Gasteiger partial charge in [-0.25, -0.2) is 0 Å². The highest BCUT2D eigenvalue weighted by Gasteiger charge is 2.30. The number of hydrogen-bond acceptors (Lipinski definition) is 4. The van der Waals surface area contributed by atoms with Crippen LogP contribution in [0.25, 0.3) is 0 Å². The largest absolute Gasteiger partial charge is 0.484 e. The molecule has 2 rings (SSSR count). The van der Waals surface area contributed by atoms with E-state index in [1.165, 1.54) is 19.2 Å². The first kappa shape index (κ1) is 21.7. The van der Waals surface area contributed by atoms with Crippen molar-refractivity contribution in [1.29, 1.82) is 0 Å². The number of methoxy groups -OCH3 is 1. The number of benzene rings is 2. The molecule has 1 N–H and O–H groups in total. The van der Waals surface area contributed by atoms with Gasteiger partial charge in [-0.05, 0) is 35.9 Å². The van der Waals surface area contributed by atoms with E-state index < -0.39 is 36.3 Å². The van der Waals surface area contributed by atoms with Crippen LogP contribution in [0.15, 0.2) is 53.0 Å². The van der Waals surface area contributed by atoms with E-state index >= 15 is 0 Å². The van der Waals surface area contributed by atoms with Crippen LogP contribution in [-0.4, -0.2) is 25.6 Å². The van der Waals surface area contributed by atoms with E-state index in [1.807, 2.05) is 0 Å². The molecule has 0 bridgehead atoms. The third-order valence-electron chi connectivity index (χ3n) is 3.74. The third-order valence-corrected chi connectivity index (χ3v) is 4.27. The number of carbonyl (C=O) groups is 2. The van der Waals surface area contributed by atoms with Gasteiger partial charge in [-0.1, -0.05) is 34.1 Å². The number of esters is 1. The maximum absolute atomic E-state index is 12.7. The van der Waals surface area contributed by atoms with Crippen LogP contribution in [0.4, 0.5) is 13.2 Å². The molecule has 150 valence electrons. The second kappa shape index (κ2) is 9.59. The zero-order valence-corrected chi connectivity index (χ0v) is 16.3. The smallest absolute Gasteiger partial charge is 0.416 e. The first-order chi connectivity index (χ1) is 13.2. The predicted molar refractivity (Wildman–Crippen MR) is 98.6 cm³/mol. The Bertz CT molecular complexity index is 825. The van der Waals surface area contributed by atoms with Crippen molar-refractivity contribution in [3.8, 4) is 5.75 Å². The van der Waals surface area contributed by atoms with Crippen LogP contribution in [0.5, 0.6) is 5.75 Å². The summed E-state index contributed by atoms with van der Waals surface area (Å²) in [5, 5.41) is 2.63. The Hall–Kier alpha value is -2.55. The monoisotopic (exact) mass is 459 g/mol. The molecule has 0 aliphatic carbocycles. The van der Waals surface area contributed by atoms with Crippen molar-refractivity contribution in [2.45, 2.75) is 18.6 Å². The van der Waals surface area contributed by atoms with E-state index in [2.05, 4.69) is 26.0 Å². The molecule has 2 aromatic carbocycles. The highest BCUT2D eigenvalue weighted by Crippen LogP contribution is 2.31. The molecule has 0 aliphatic rings. The summed E-state index contributed by atoms with van der Waals surface area (Å²) in [5.74, 6) is -1.20. The van der Waals surface area contributed by atoms with Gasteiger partial charge in [0.25, 0.3) is 5.91 Å². The zero-order valence-electron chi connectivity index (χ0n) is 14.8. The second-order valence-corrected chi connectivity index (χ2v) is 6.68. The predicted octanol–water partition coefficient (Wildman–Crippen LogP) is 4.27. The van der Waals surface area contributed by atoms with Gasteiger partial charge >= 0.3 is 12.1 Å². The SMILES string of the molecule is COC(=O)CC(NC(=O)COc1cccc(C(F)(F)F)c1)c1ccc(Br)cc1. The lowest BCUT2D eigenvalue weighted by atomic mass is 10.0. The fraction of sp³-hybridized carbons (Fsp3) is 0.263. The first-order valence-corrected chi connectivity index (χ1v) is 8.90. The number of halogens is 4. The van der Waals surface area contributed by atoms with Gasteiger partial charge in [-0.3, -0.25) is 9.59 Å². The van der Waals surface area contributed by atoms with Crippen molar-refractivity contribution in [3.63, 3.8) is 0 Å². The van der Waals surface area contributed by atoms with Crippen LogP contribution in [0, 0.1) is 0 Å². The Labute approximate surface area is 168 Å². The van der Waals surface area contributed by atoms with Crippen LogP contribution in [-0.2, 0) is 20.5 Å². The molecule has 9 heteroatoms. The zero-order chi connectivity index (χ0) is 20.7. The first-order valence-electron chi connectivity index (χ1n) is 8.10. The Kier molecular flexibility index (Phi) is 7.45. The van der Waals surface area contributed by atoms with Gasteiger partial charge in [-0.2, -0.15) is 13.2 Å². The molecule has 5 nitrogen and oxygen atoms in total. The molecule has 0 aromatic heterocycles. The number of rotatable bonds is 7. The van der Waals surface area contributed by atoms with Crippen LogP contribution in [0.2, 0.25) is 0 Å². The summed E-state index contributed by atoms with van der Waals surface area (Å²) in [6.07, 6.45) is -4.61. The van der Waals surface area contributed by atoms with Gasteiger partial charge in [0, 0.05) is 4.47 Å². The van der Waals surface area contributed by atoms with Crippen LogP contribution in [0.3, 0.4) is 0 Å². The fourth-order valence-electron chi connectivity index (χ4n) is 2.34. The van der Waals surface area contributed by atoms with E-state index in [0.29, 0.717) is 5.56 Å². The van der Waals surface area contributed by atoms with Gasteiger partial charge in [0.2, 0.25) is 0 Å². The third kappa shape index (κ3) is 6.56. The normalized spacial score (nSPS) is 12.2. The van der Waals surface area contributed by atoms with Gasteiger partial charge in [0.1, 0.15) is 5.75 Å². The molecule has 0 saturated carbocycles. The Balaban J connectivity index is 2.03. The topological polar surface area (TPSA) is 64.6 Å². The molecule has 28 heavy (non-hydrogen) atoms. The lowest BCUT2D eigenvalue weighted by molar-refractivity contribution is -0.141. The molecule has 0 fully saturated rings. The lowest BCUT2D eigenvalue weighted by Crippen LogP contribution is -2.34. The molecule has 1 atom stereocenters. The standard InChI is InChI=1S/C19H17BrF3NO4/c1-27-18(26)10-16(12-5-7-14(20)8-6-12)24-17(25)11-28-15-4-2-3-13(9-15)19(21,22)23/h2-9,16H,10-11H2,1H3,(H,24,25). The molecule has 2 aromatic rings. The van der Waals surface area contributed by atoms with E-state index in [-0.39, 0.29) is 12.2 Å². The molecule has 1 unspecified atom stereocenters. The fourth-order valence-corrected chi connectivity index (χ4v) is 2.61. The lowest BCUT2D eigenvalue weighted by Gasteiger charge is -2.18. The molecule has 0 saturated heterocycles. The summed E-state index contributed by atoms with van der Waals surface area (Å²) in [5.41, 5.74) is -0.204. The van der Waals surface area contributed by atoms with Crippen molar-refractivity contribution >= 4 is 27.8 Å².